The standard InChI is InChI=1S/C12H24N2.H2S/c13-12(10-14-8-4-5-9-14)11-6-2-1-3-7-11;/h11-12H,1-10,13H2;1H2/t12-;/m1./s1. The van der Waals surface area contributed by atoms with Crippen molar-refractivity contribution in [2.24, 2.45) is 11.7 Å². The second-order valence-corrected chi connectivity index (χ2v) is 5.07. The molecule has 0 bridgehead atoms. The highest BCUT2D eigenvalue weighted by Crippen LogP contribution is 2.26. The summed E-state index contributed by atoms with van der Waals surface area (Å²) < 4.78 is 0. The number of likely N-dealkylation sites (tertiary alicyclic amines) is 1. The lowest BCUT2D eigenvalue weighted by atomic mass is 9.84. The Bertz CT molecular complexity index is 163. The highest BCUT2D eigenvalue weighted by atomic mass is 32.1. The molecule has 3 heteroatoms. The number of hydrogen-bond acceptors (Lipinski definition) is 2. The molecule has 2 rings (SSSR count). The molecule has 0 aromatic carbocycles. The summed E-state index contributed by atoms with van der Waals surface area (Å²) >= 11 is 0. The predicted octanol–water partition coefficient (Wildman–Crippen LogP) is 2.10. The fourth-order valence-corrected chi connectivity index (χ4v) is 2.97. The molecule has 90 valence electrons. The first-order chi connectivity index (χ1) is 6.86. The van der Waals surface area contributed by atoms with Crippen LogP contribution in [-0.2, 0) is 0 Å². The van der Waals surface area contributed by atoms with Crippen molar-refractivity contribution in [2.45, 2.75) is 51.0 Å². The van der Waals surface area contributed by atoms with E-state index in [4.69, 9.17) is 5.73 Å². The van der Waals surface area contributed by atoms with Gasteiger partial charge in [0.15, 0.2) is 0 Å². The van der Waals surface area contributed by atoms with Gasteiger partial charge < -0.3 is 10.6 Å². The summed E-state index contributed by atoms with van der Waals surface area (Å²) in [6.45, 7) is 3.74. The summed E-state index contributed by atoms with van der Waals surface area (Å²) in [5.74, 6) is 0.823. The van der Waals surface area contributed by atoms with Gasteiger partial charge in [-0.15, -0.1) is 0 Å². The van der Waals surface area contributed by atoms with E-state index in [1.165, 1.54) is 58.0 Å². The van der Waals surface area contributed by atoms with E-state index in [0.29, 0.717) is 6.04 Å². The Balaban J connectivity index is 0.00000112. The largest absolute Gasteiger partial charge is 0.326 e. The second-order valence-electron chi connectivity index (χ2n) is 5.07. The normalized spacial score (nSPS) is 26.2. The molecule has 1 saturated heterocycles. The van der Waals surface area contributed by atoms with Gasteiger partial charge in [-0.1, -0.05) is 19.3 Å². The zero-order valence-corrected chi connectivity index (χ0v) is 10.8. The lowest BCUT2D eigenvalue weighted by Crippen LogP contribution is -2.41. The highest BCUT2D eigenvalue weighted by Gasteiger charge is 2.23. The summed E-state index contributed by atoms with van der Waals surface area (Å²) in [4.78, 5) is 2.55. The zero-order chi connectivity index (χ0) is 9.80. The first kappa shape index (κ1) is 13.3. The number of rotatable bonds is 3. The molecule has 0 aromatic heterocycles. The molecule has 1 saturated carbocycles. The molecule has 15 heavy (non-hydrogen) atoms. The van der Waals surface area contributed by atoms with Crippen molar-refractivity contribution in [1.82, 2.24) is 4.90 Å². The van der Waals surface area contributed by atoms with Gasteiger partial charge >= 0.3 is 0 Å². The Morgan fingerprint density at radius 3 is 2.20 bits per heavy atom. The van der Waals surface area contributed by atoms with Crippen molar-refractivity contribution in [1.29, 1.82) is 0 Å². The van der Waals surface area contributed by atoms with E-state index in [9.17, 15) is 0 Å². The molecule has 1 aliphatic carbocycles. The van der Waals surface area contributed by atoms with E-state index in [2.05, 4.69) is 4.90 Å². The molecule has 2 aliphatic rings. The second kappa shape index (κ2) is 6.77. The van der Waals surface area contributed by atoms with Crippen molar-refractivity contribution in [3.8, 4) is 0 Å². The van der Waals surface area contributed by atoms with Crippen LogP contribution in [0.4, 0.5) is 0 Å². The first-order valence-electron chi connectivity index (χ1n) is 6.34. The maximum absolute atomic E-state index is 6.29. The highest BCUT2D eigenvalue weighted by molar-refractivity contribution is 7.59. The van der Waals surface area contributed by atoms with Crippen LogP contribution < -0.4 is 5.73 Å². The molecular weight excluding hydrogens is 204 g/mol. The zero-order valence-electron chi connectivity index (χ0n) is 9.75. The Kier molecular flexibility index (Phi) is 6.02. The molecule has 0 radical (unpaired) electrons. The van der Waals surface area contributed by atoms with E-state index in [-0.39, 0.29) is 13.5 Å². The summed E-state index contributed by atoms with van der Waals surface area (Å²) in [5.41, 5.74) is 6.29. The van der Waals surface area contributed by atoms with Crippen molar-refractivity contribution >= 4 is 13.5 Å². The van der Waals surface area contributed by atoms with Crippen LogP contribution in [0.1, 0.15) is 44.9 Å². The first-order valence-corrected chi connectivity index (χ1v) is 6.34. The van der Waals surface area contributed by atoms with Crippen LogP contribution in [0.2, 0.25) is 0 Å². The van der Waals surface area contributed by atoms with Crippen LogP contribution in [0, 0.1) is 5.92 Å². The van der Waals surface area contributed by atoms with E-state index >= 15 is 0 Å². The minimum absolute atomic E-state index is 0. The Hall–Kier alpha value is 0.270. The summed E-state index contributed by atoms with van der Waals surface area (Å²) in [7, 11) is 0. The van der Waals surface area contributed by atoms with Crippen LogP contribution in [-0.4, -0.2) is 30.6 Å². The van der Waals surface area contributed by atoms with E-state index in [1.807, 2.05) is 0 Å². The van der Waals surface area contributed by atoms with Gasteiger partial charge in [0.2, 0.25) is 0 Å². The quantitative estimate of drug-likeness (QED) is 0.804. The molecule has 0 spiro atoms. The third kappa shape index (κ3) is 3.97. The van der Waals surface area contributed by atoms with Gasteiger partial charge in [-0.05, 0) is 44.7 Å². The van der Waals surface area contributed by atoms with Crippen LogP contribution in [0.25, 0.3) is 0 Å². The lowest BCUT2D eigenvalue weighted by molar-refractivity contribution is 0.233. The molecule has 2 N–H and O–H groups in total. The van der Waals surface area contributed by atoms with Crippen molar-refractivity contribution in [3.05, 3.63) is 0 Å². The van der Waals surface area contributed by atoms with Gasteiger partial charge in [0.1, 0.15) is 0 Å². The molecule has 0 unspecified atom stereocenters. The van der Waals surface area contributed by atoms with Crippen molar-refractivity contribution < 1.29 is 0 Å². The molecule has 2 fully saturated rings. The van der Waals surface area contributed by atoms with Crippen LogP contribution in [0.5, 0.6) is 0 Å². The topological polar surface area (TPSA) is 29.3 Å². The van der Waals surface area contributed by atoms with Gasteiger partial charge in [-0.3, -0.25) is 0 Å². The van der Waals surface area contributed by atoms with Crippen LogP contribution in [0.3, 0.4) is 0 Å². The molecule has 1 aliphatic heterocycles. The monoisotopic (exact) mass is 230 g/mol. The van der Waals surface area contributed by atoms with E-state index in [1.54, 1.807) is 0 Å². The molecule has 0 aromatic rings. The van der Waals surface area contributed by atoms with E-state index < -0.39 is 0 Å². The summed E-state index contributed by atoms with van der Waals surface area (Å²) in [6.07, 6.45) is 9.81. The van der Waals surface area contributed by atoms with Gasteiger partial charge in [0.25, 0.3) is 0 Å². The van der Waals surface area contributed by atoms with Gasteiger partial charge in [0, 0.05) is 12.6 Å². The predicted molar refractivity (Wildman–Crippen MR) is 70.6 cm³/mol. The van der Waals surface area contributed by atoms with Crippen molar-refractivity contribution in [2.75, 3.05) is 19.6 Å². The van der Waals surface area contributed by atoms with Gasteiger partial charge in [-0.2, -0.15) is 13.5 Å². The van der Waals surface area contributed by atoms with E-state index in [0.717, 1.165) is 12.5 Å². The molecule has 1 heterocycles. The van der Waals surface area contributed by atoms with Crippen LogP contribution >= 0.6 is 13.5 Å². The SMILES string of the molecule is N[C@H](CN1CCCC1)C1CCCCC1.S. The number of nitrogens with zero attached hydrogens (tertiary/aromatic N) is 1. The molecule has 0 amide bonds. The number of nitrogens with two attached hydrogens (primary N) is 1. The third-order valence-corrected chi connectivity index (χ3v) is 3.92. The van der Waals surface area contributed by atoms with Crippen LogP contribution in [0.15, 0.2) is 0 Å². The minimum atomic E-state index is 0. The Morgan fingerprint density at radius 1 is 1.00 bits per heavy atom. The summed E-state index contributed by atoms with van der Waals surface area (Å²) in [6, 6.07) is 0.452. The molecule has 2 nitrogen and oxygen atoms in total. The van der Waals surface area contributed by atoms with Crippen molar-refractivity contribution in [3.63, 3.8) is 0 Å². The van der Waals surface area contributed by atoms with Gasteiger partial charge in [-0.25, -0.2) is 0 Å². The Labute approximate surface area is 101 Å². The fraction of sp³-hybridized carbons (Fsp3) is 1.00. The summed E-state index contributed by atoms with van der Waals surface area (Å²) in [5, 5.41) is 0. The Morgan fingerprint density at radius 2 is 1.60 bits per heavy atom. The average Bonchev–Trinajstić information content (AvgIpc) is 2.72. The fourth-order valence-electron chi connectivity index (χ4n) is 2.97. The van der Waals surface area contributed by atoms with Gasteiger partial charge in [0.05, 0.1) is 0 Å². The maximum atomic E-state index is 6.29. The lowest BCUT2D eigenvalue weighted by Gasteiger charge is -2.30. The average molecular weight is 230 g/mol. The number of hydrogen-bond donors (Lipinski definition) is 1. The smallest absolute Gasteiger partial charge is 0.0196 e. The molecular formula is C12H26N2S. The maximum Gasteiger partial charge on any atom is 0.0196 e. The minimum Gasteiger partial charge on any atom is -0.326 e. The third-order valence-electron chi connectivity index (χ3n) is 3.92. The molecule has 1 atom stereocenters.